The van der Waals surface area contributed by atoms with Crippen LogP contribution in [0.2, 0.25) is 0 Å². The van der Waals surface area contributed by atoms with Crippen LogP contribution in [0.25, 0.3) is 6.08 Å². The van der Waals surface area contributed by atoms with Crippen LogP contribution in [0.1, 0.15) is 30.5 Å². The van der Waals surface area contributed by atoms with Crippen LogP contribution in [0.3, 0.4) is 0 Å². The van der Waals surface area contributed by atoms with E-state index >= 15 is 0 Å². The highest BCUT2D eigenvalue weighted by atomic mass is 16.5. The highest BCUT2D eigenvalue weighted by Crippen LogP contribution is 2.12. The van der Waals surface area contributed by atoms with Crippen molar-refractivity contribution in [3.8, 4) is 5.75 Å². The molecule has 0 spiro atoms. The van der Waals surface area contributed by atoms with Crippen molar-refractivity contribution in [1.29, 1.82) is 0 Å². The summed E-state index contributed by atoms with van der Waals surface area (Å²) in [7, 11) is 1.64. The van der Waals surface area contributed by atoms with E-state index in [0.29, 0.717) is 12.5 Å². The monoisotopic (exact) mass is 323 g/mol. The molecule has 0 atom stereocenters. The van der Waals surface area contributed by atoms with E-state index in [0.717, 1.165) is 23.3 Å². The molecule has 0 saturated heterocycles. The zero-order valence-corrected chi connectivity index (χ0v) is 14.6. The number of hydrogen-bond acceptors (Lipinski definition) is 2. The SMILES string of the molecule is COc1ccc(CNC(=O)C=Cc2ccc(CC(C)C)cc2)cc1. The maximum absolute atomic E-state index is 11.9. The fourth-order valence-electron chi connectivity index (χ4n) is 2.40. The van der Waals surface area contributed by atoms with E-state index in [4.69, 9.17) is 4.74 Å². The van der Waals surface area contributed by atoms with Crippen LogP contribution in [-0.2, 0) is 17.8 Å². The molecule has 0 radical (unpaired) electrons. The maximum atomic E-state index is 11.9. The van der Waals surface area contributed by atoms with E-state index in [1.54, 1.807) is 13.2 Å². The number of ether oxygens (including phenoxy) is 1. The van der Waals surface area contributed by atoms with Crippen molar-refractivity contribution in [2.75, 3.05) is 7.11 Å². The summed E-state index contributed by atoms with van der Waals surface area (Å²) in [5, 5.41) is 2.88. The predicted octanol–water partition coefficient (Wildman–Crippen LogP) is 4.22. The lowest BCUT2D eigenvalue weighted by atomic mass is 10.0. The standard InChI is InChI=1S/C21H25NO2/c1-16(2)14-18-6-4-17(5-7-18)10-13-21(23)22-15-19-8-11-20(24-3)12-9-19/h4-13,16H,14-15H2,1-3H3,(H,22,23). The molecule has 0 aliphatic carbocycles. The molecule has 0 aromatic heterocycles. The van der Waals surface area contributed by atoms with Crippen LogP contribution in [-0.4, -0.2) is 13.0 Å². The van der Waals surface area contributed by atoms with Gasteiger partial charge in [-0.2, -0.15) is 0 Å². The Hall–Kier alpha value is -2.55. The number of carbonyl (C=O) groups excluding carboxylic acids is 1. The Labute approximate surface area is 144 Å². The van der Waals surface area contributed by atoms with Gasteiger partial charge in [0.05, 0.1) is 7.11 Å². The molecule has 1 N–H and O–H groups in total. The number of benzene rings is 2. The van der Waals surface area contributed by atoms with Crippen molar-refractivity contribution in [3.63, 3.8) is 0 Å². The van der Waals surface area contributed by atoms with Crippen molar-refractivity contribution >= 4 is 12.0 Å². The summed E-state index contributed by atoms with van der Waals surface area (Å²) in [6, 6.07) is 16.0. The van der Waals surface area contributed by atoms with Gasteiger partial charge in [0.2, 0.25) is 5.91 Å². The van der Waals surface area contributed by atoms with Crippen LogP contribution in [0.4, 0.5) is 0 Å². The van der Waals surface area contributed by atoms with Gasteiger partial charge in [-0.05, 0) is 47.2 Å². The molecule has 2 aromatic rings. The highest BCUT2D eigenvalue weighted by Gasteiger charge is 1.99. The Morgan fingerprint density at radius 1 is 1.04 bits per heavy atom. The Morgan fingerprint density at radius 2 is 1.67 bits per heavy atom. The number of carbonyl (C=O) groups is 1. The van der Waals surface area contributed by atoms with Gasteiger partial charge in [0.25, 0.3) is 0 Å². The second kappa shape index (κ2) is 8.92. The molecule has 0 aliphatic heterocycles. The summed E-state index contributed by atoms with van der Waals surface area (Å²) in [5.41, 5.74) is 3.39. The lowest BCUT2D eigenvalue weighted by molar-refractivity contribution is -0.116. The number of hydrogen-bond donors (Lipinski definition) is 1. The second-order valence-corrected chi connectivity index (χ2v) is 6.24. The molecule has 0 aliphatic rings. The van der Waals surface area contributed by atoms with Gasteiger partial charge in [-0.1, -0.05) is 50.2 Å². The molecule has 0 unspecified atom stereocenters. The van der Waals surface area contributed by atoms with Crippen molar-refractivity contribution in [2.24, 2.45) is 5.92 Å². The van der Waals surface area contributed by atoms with Crippen molar-refractivity contribution in [3.05, 3.63) is 71.3 Å². The first-order valence-electron chi connectivity index (χ1n) is 8.24. The quantitative estimate of drug-likeness (QED) is 0.775. The topological polar surface area (TPSA) is 38.3 Å². The lowest BCUT2D eigenvalue weighted by Gasteiger charge is -2.05. The first-order valence-corrected chi connectivity index (χ1v) is 8.24. The molecule has 0 heterocycles. The molecule has 0 saturated carbocycles. The van der Waals surface area contributed by atoms with Crippen LogP contribution < -0.4 is 10.1 Å². The summed E-state index contributed by atoms with van der Waals surface area (Å²) < 4.78 is 5.11. The van der Waals surface area contributed by atoms with Crippen molar-refractivity contribution in [1.82, 2.24) is 5.32 Å². The minimum Gasteiger partial charge on any atom is -0.497 e. The minimum absolute atomic E-state index is 0.0999. The number of rotatable bonds is 7. The zero-order chi connectivity index (χ0) is 17.4. The number of methoxy groups -OCH3 is 1. The third-order valence-electron chi connectivity index (χ3n) is 3.68. The normalized spacial score (nSPS) is 11.0. The van der Waals surface area contributed by atoms with E-state index in [1.165, 1.54) is 5.56 Å². The Kier molecular flexibility index (Phi) is 6.62. The smallest absolute Gasteiger partial charge is 0.244 e. The molecular formula is C21H25NO2. The predicted molar refractivity (Wildman–Crippen MR) is 98.9 cm³/mol. The van der Waals surface area contributed by atoms with E-state index in [2.05, 4.69) is 31.3 Å². The van der Waals surface area contributed by atoms with Crippen LogP contribution in [0.15, 0.2) is 54.6 Å². The Balaban J connectivity index is 1.83. The van der Waals surface area contributed by atoms with Gasteiger partial charge >= 0.3 is 0 Å². The van der Waals surface area contributed by atoms with Crippen LogP contribution in [0, 0.1) is 5.92 Å². The summed E-state index contributed by atoms with van der Waals surface area (Å²) in [4.78, 5) is 11.9. The van der Waals surface area contributed by atoms with E-state index in [-0.39, 0.29) is 5.91 Å². The molecule has 3 nitrogen and oxygen atoms in total. The van der Waals surface area contributed by atoms with Gasteiger partial charge in [-0.25, -0.2) is 0 Å². The zero-order valence-electron chi connectivity index (χ0n) is 14.6. The second-order valence-electron chi connectivity index (χ2n) is 6.24. The van der Waals surface area contributed by atoms with E-state index in [9.17, 15) is 4.79 Å². The molecule has 0 fully saturated rings. The van der Waals surface area contributed by atoms with Gasteiger partial charge < -0.3 is 10.1 Å². The first-order chi connectivity index (χ1) is 11.6. The van der Waals surface area contributed by atoms with Gasteiger partial charge in [0.1, 0.15) is 5.75 Å². The van der Waals surface area contributed by atoms with Gasteiger partial charge in [-0.15, -0.1) is 0 Å². The summed E-state index contributed by atoms with van der Waals surface area (Å²) in [6.45, 7) is 4.92. The molecule has 2 aromatic carbocycles. The Bertz CT molecular complexity index is 670. The Morgan fingerprint density at radius 3 is 2.25 bits per heavy atom. The summed E-state index contributed by atoms with van der Waals surface area (Å²) in [6.07, 6.45) is 4.48. The van der Waals surface area contributed by atoms with Gasteiger partial charge in [-0.3, -0.25) is 4.79 Å². The number of amides is 1. The molecular weight excluding hydrogens is 298 g/mol. The van der Waals surface area contributed by atoms with Crippen LogP contribution >= 0.6 is 0 Å². The molecule has 24 heavy (non-hydrogen) atoms. The van der Waals surface area contributed by atoms with Crippen LogP contribution in [0.5, 0.6) is 5.75 Å². The van der Waals surface area contributed by atoms with Crippen molar-refractivity contribution in [2.45, 2.75) is 26.8 Å². The van der Waals surface area contributed by atoms with Gasteiger partial charge in [0.15, 0.2) is 0 Å². The first kappa shape index (κ1) is 17.8. The fraction of sp³-hybridized carbons (Fsp3) is 0.286. The third-order valence-corrected chi connectivity index (χ3v) is 3.68. The highest BCUT2D eigenvalue weighted by molar-refractivity contribution is 5.91. The molecule has 126 valence electrons. The average Bonchev–Trinajstić information content (AvgIpc) is 2.59. The average molecular weight is 323 g/mol. The molecule has 0 bridgehead atoms. The van der Waals surface area contributed by atoms with Gasteiger partial charge in [0, 0.05) is 12.6 Å². The summed E-state index contributed by atoms with van der Waals surface area (Å²) >= 11 is 0. The molecule has 3 heteroatoms. The number of nitrogens with one attached hydrogen (secondary N) is 1. The summed E-state index contributed by atoms with van der Waals surface area (Å²) in [5.74, 6) is 1.36. The lowest BCUT2D eigenvalue weighted by Crippen LogP contribution is -2.20. The maximum Gasteiger partial charge on any atom is 0.244 e. The fourth-order valence-corrected chi connectivity index (χ4v) is 2.40. The molecule has 2 rings (SSSR count). The largest absolute Gasteiger partial charge is 0.497 e. The van der Waals surface area contributed by atoms with Crippen molar-refractivity contribution < 1.29 is 9.53 Å². The van der Waals surface area contributed by atoms with E-state index < -0.39 is 0 Å². The molecule has 1 amide bonds. The van der Waals surface area contributed by atoms with E-state index in [1.807, 2.05) is 42.5 Å². The minimum atomic E-state index is -0.0999. The third kappa shape index (κ3) is 5.92.